The molecule has 0 aromatic carbocycles. The fourth-order valence-corrected chi connectivity index (χ4v) is 2.30. The fourth-order valence-electron chi connectivity index (χ4n) is 2.30. The van der Waals surface area contributed by atoms with E-state index in [9.17, 15) is 0 Å². The predicted octanol–water partition coefficient (Wildman–Crippen LogP) is 2.94. The number of nitrogens with zero attached hydrogens (tertiary/aromatic N) is 2. The third-order valence-corrected chi connectivity index (χ3v) is 3.56. The quantitative estimate of drug-likeness (QED) is 0.660. The van der Waals surface area contributed by atoms with E-state index in [0.29, 0.717) is 0 Å². The van der Waals surface area contributed by atoms with E-state index in [1.165, 1.54) is 32.2 Å². The van der Waals surface area contributed by atoms with Gasteiger partial charge in [0.1, 0.15) is 0 Å². The number of rotatable bonds is 10. The molecule has 0 radical (unpaired) electrons. The standard InChI is InChI=1S/C15H27N3O/c1-3-5-9-18(14-6-7-14)12-15-10-13(17-19-15)11-16-8-4-2/h10,14,16H,3-9,11-12H2,1-2H3. The summed E-state index contributed by atoms with van der Waals surface area (Å²) in [5, 5.41) is 7.49. The number of aromatic nitrogens is 1. The smallest absolute Gasteiger partial charge is 0.151 e. The van der Waals surface area contributed by atoms with Crippen molar-refractivity contribution in [3.63, 3.8) is 0 Å². The molecule has 19 heavy (non-hydrogen) atoms. The molecule has 1 N–H and O–H groups in total. The zero-order valence-corrected chi connectivity index (χ0v) is 12.3. The van der Waals surface area contributed by atoms with Crippen molar-refractivity contribution >= 4 is 0 Å². The van der Waals surface area contributed by atoms with Crippen LogP contribution in [-0.4, -0.2) is 29.2 Å². The molecule has 4 nitrogen and oxygen atoms in total. The molecule has 1 saturated carbocycles. The molecule has 0 saturated heterocycles. The highest BCUT2D eigenvalue weighted by Gasteiger charge is 2.29. The van der Waals surface area contributed by atoms with E-state index < -0.39 is 0 Å². The maximum Gasteiger partial charge on any atom is 0.151 e. The summed E-state index contributed by atoms with van der Waals surface area (Å²) in [5.74, 6) is 1.01. The molecule has 1 aliphatic rings. The number of nitrogens with one attached hydrogen (secondary N) is 1. The molecule has 0 amide bonds. The molecule has 1 heterocycles. The minimum Gasteiger partial charge on any atom is -0.360 e. The normalized spacial score (nSPS) is 15.3. The van der Waals surface area contributed by atoms with Crippen molar-refractivity contribution in [1.82, 2.24) is 15.4 Å². The summed E-state index contributed by atoms with van der Waals surface area (Å²) in [4.78, 5) is 2.55. The van der Waals surface area contributed by atoms with Crippen molar-refractivity contribution in [2.45, 2.75) is 65.1 Å². The third-order valence-electron chi connectivity index (χ3n) is 3.56. The Morgan fingerprint density at radius 1 is 1.37 bits per heavy atom. The van der Waals surface area contributed by atoms with E-state index in [0.717, 1.165) is 43.6 Å². The molecule has 1 fully saturated rings. The van der Waals surface area contributed by atoms with Gasteiger partial charge in [-0.15, -0.1) is 0 Å². The van der Waals surface area contributed by atoms with Crippen molar-refractivity contribution in [3.8, 4) is 0 Å². The van der Waals surface area contributed by atoms with Crippen molar-refractivity contribution in [2.24, 2.45) is 0 Å². The van der Waals surface area contributed by atoms with Crippen LogP contribution in [0.25, 0.3) is 0 Å². The monoisotopic (exact) mass is 265 g/mol. The molecule has 0 aliphatic heterocycles. The molecule has 0 unspecified atom stereocenters. The molecule has 1 aromatic heterocycles. The zero-order valence-electron chi connectivity index (χ0n) is 12.3. The van der Waals surface area contributed by atoms with E-state index in [1.807, 2.05) is 0 Å². The van der Waals surface area contributed by atoms with Gasteiger partial charge >= 0.3 is 0 Å². The Bertz CT molecular complexity index is 360. The van der Waals surface area contributed by atoms with Gasteiger partial charge in [-0.3, -0.25) is 4.90 Å². The number of hydrogen-bond donors (Lipinski definition) is 1. The molecule has 2 rings (SSSR count). The molecule has 108 valence electrons. The van der Waals surface area contributed by atoms with Gasteiger partial charge in [-0.25, -0.2) is 0 Å². The van der Waals surface area contributed by atoms with Crippen molar-refractivity contribution in [3.05, 3.63) is 17.5 Å². The first-order valence-electron chi connectivity index (χ1n) is 7.72. The maximum absolute atomic E-state index is 5.45. The van der Waals surface area contributed by atoms with Gasteiger partial charge < -0.3 is 9.84 Å². The van der Waals surface area contributed by atoms with Crippen molar-refractivity contribution in [2.75, 3.05) is 13.1 Å². The van der Waals surface area contributed by atoms with Crippen LogP contribution in [0.2, 0.25) is 0 Å². The van der Waals surface area contributed by atoms with Gasteiger partial charge in [0, 0.05) is 18.7 Å². The van der Waals surface area contributed by atoms with Gasteiger partial charge in [-0.2, -0.15) is 0 Å². The zero-order chi connectivity index (χ0) is 13.5. The summed E-state index contributed by atoms with van der Waals surface area (Å²) >= 11 is 0. The molecule has 0 spiro atoms. The second-order valence-corrected chi connectivity index (χ2v) is 5.52. The highest BCUT2D eigenvalue weighted by Crippen LogP contribution is 2.28. The van der Waals surface area contributed by atoms with Gasteiger partial charge in [0.2, 0.25) is 0 Å². The summed E-state index contributed by atoms with van der Waals surface area (Å²) in [6, 6.07) is 2.89. The Labute approximate surface area is 116 Å². The van der Waals surface area contributed by atoms with Crippen molar-refractivity contribution in [1.29, 1.82) is 0 Å². The second-order valence-electron chi connectivity index (χ2n) is 5.52. The van der Waals surface area contributed by atoms with E-state index in [-0.39, 0.29) is 0 Å². The van der Waals surface area contributed by atoms with Crippen LogP contribution in [-0.2, 0) is 13.1 Å². The largest absolute Gasteiger partial charge is 0.360 e. The first-order valence-corrected chi connectivity index (χ1v) is 7.72. The summed E-state index contributed by atoms with van der Waals surface area (Å²) in [6.07, 6.45) is 6.38. The van der Waals surface area contributed by atoms with Crippen LogP contribution in [0.5, 0.6) is 0 Å². The Morgan fingerprint density at radius 2 is 2.21 bits per heavy atom. The predicted molar refractivity (Wildman–Crippen MR) is 76.8 cm³/mol. The van der Waals surface area contributed by atoms with Crippen LogP contribution >= 0.6 is 0 Å². The van der Waals surface area contributed by atoms with E-state index in [4.69, 9.17) is 4.52 Å². The molecule has 0 atom stereocenters. The van der Waals surface area contributed by atoms with Gasteiger partial charge in [0.05, 0.1) is 12.2 Å². The Hall–Kier alpha value is -0.870. The molecule has 4 heteroatoms. The minimum atomic E-state index is 0.790. The van der Waals surface area contributed by atoms with Crippen molar-refractivity contribution < 1.29 is 4.52 Å². The maximum atomic E-state index is 5.45. The SMILES string of the molecule is CCCCN(Cc1cc(CNCCC)no1)C1CC1. The van der Waals surface area contributed by atoms with E-state index in [1.54, 1.807) is 0 Å². The molecule has 1 aromatic rings. The summed E-state index contributed by atoms with van der Waals surface area (Å²) in [5.41, 5.74) is 1.02. The second kappa shape index (κ2) is 7.65. The van der Waals surface area contributed by atoms with Gasteiger partial charge in [-0.1, -0.05) is 25.4 Å². The van der Waals surface area contributed by atoms with Crippen LogP contribution in [0.4, 0.5) is 0 Å². The average molecular weight is 265 g/mol. The lowest BCUT2D eigenvalue weighted by atomic mass is 10.3. The minimum absolute atomic E-state index is 0.790. The average Bonchev–Trinajstić information content (AvgIpc) is 3.17. The Kier molecular flexibility index (Phi) is 5.86. The van der Waals surface area contributed by atoms with Crippen LogP contribution in [0.1, 0.15) is 57.4 Å². The van der Waals surface area contributed by atoms with Gasteiger partial charge in [0.15, 0.2) is 5.76 Å². The van der Waals surface area contributed by atoms with Crippen LogP contribution in [0.3, 0.4) is 0 Å². The summed E-state index contributed by atoms with van der Waals surface area (Å²) in [7, 11) is 0. The molecule has 1 aliphatic carbocycles. The Morgan fingerprint density at radius 3 is 2.89 bits per heavy atom. The molecular weight excluding hydrogens is 238 g/mol. The lowest BCUT2D eigenvalue weighted by Crippen LogP contribution is -2.26. The highest BCUT2D eigenvalue weighted by molar-refractivity contribution is 5.06. The van der Waals surface area contributed by atoms with Gasteiger partial charge in [0.25, 0.3) is 0 Å². The van der Waals surface area contributed by atoms with E-state index in [2.05, 4.69) is 35.3 Å². The van der Waals surface area contributed by atoms with Crippen LogP contribution in [0.15, 0.2) is 10.6 Å². The van der Waals surface area contributed by atoms with Crippen LogP contribution < -0.4 is 5.32 Å². The lowest BCUT2D eigenvalue weighted by molar-refractivity contribution is 0.218. The Balaban J connectivity index is 1.79. The number of hydrogen-bond acceptors (Lipinski definition) is 4. The summed E-state index contributed by atoms with van der Waals surface area (Å²) in [6.45, 7) is 8.37. The van der Waals surface area contributed by atoms with Crippen LogP contribution in [0, 0.1) is 0 Å². The first-order chi connectivity index (χ1) is 9.33. The summed E-state index contributed by atoms with van der Waals surface area (Å²) < 4.78 is 5.45. The fraction of sp³-hybridized carbons (Fsp3) is 0.800. The third kappa shape index (κ3) is 4.96. The molecule has 0 bridgehead atoms. The molecular formula is C15H27N3O. The topological polar surface area (TPSA) is 41.3 Å². The van der Waals surface area contributed by atoms with Gasteiger partial charge in [-0.05, 0) is 38.8 Å². The number of unbranched alkanes of at least 4 members (excludes halogenated alkanes) is 1. The lowest BCUT2D eigenvalue weighted by Gasteiger charge is -2.19. The van der Waals surface area contributed by atoms with E-state index >= 15 is 0 Å². The first kappa shape index (κ1) is 14.5. The highest BCUT2D eigenvalue weighted by atomic mass is 16.5.